The third kappa shape index (κ3) is 2.18. The Labute approximate surface area is 108 Å². The molecule has 0 atom stereocenters. The summed E-state index contributed by atoms with van der Waals surface area (Å²) in [6.07, 6.45) is 2.74. The number of fused-ring (bicyclic) bond motifs is 1. The Balaban J connectivity index is 2.06. The molecule has 1 saturated carbocycles. The molecule has 3 heteroatoms. The number of benzene rings is 1. The van der Waals surface area contributed by atoms with Crippen LogP contribution in [0.25, 0.3) is 10.9 Å². The molecule has 0 spiro atoms. The number of nitrogens with zero attached hydrogens (tertiary/aromatic N) is 2. The van der Waals surface area contributed by atoms with Crippen LogP contribution in [0.4, 0.5) is 5.69 Å². The molecule has 0 saturated heterocycles. The first-order valence-electron chi connectivity index (χ1n) is 6.58. The first kappa shape index (κ1) is 11.5. The molecule has 0 aliphatic heterocycles. The van der Waals surface area contributed by atoms with E-state index in [9.17, 15) is 0 Å². The maximum absolute atomic E-state index is 5.74. The molecule has 2 N–H and O–H groups in total. The van der Waals surface area contributed by atoms with E-state index in [0.29, 0.717) is 6.54 Å². The summed E-state index contributed by atoms with van der Waals surface area (Å²) in [6.45, 7) is 1.63. The van der Waals surface area contributed by atoms with Gasteiger partial charge in [-0.25, -0.2) is 0 Å². The zero-order valence-corrected chi connectivity index (χ0v) is 10.8. The van der Waals surface area contributed by atoms with Crippen LogP contribution in [-0.4, -0.2) is 18.6 Å². The van der Waals surface area contributed by atoms with Crippen LogP contribution in [0.5, 0.6) is 0 Å². The highest BCUT2D eigenvalue weighted by atomic mass is 15.1. The number of rotatable bonds is 4. The number of para-hydroxylation sites is 1. The number of pyridine rings is 1. The standard InChI is InChI=1S/C15H19N3/c1-18(10-11-6-7-11)15-8-12(9-16)17-14-5-3-2-4-13(14)15/h2-5,8,11H,6-7,9-10,16H2,1H3. The van der Waals surface area contributed by atoms with Crippen LogP contribution in [0.15, 0.2) is 30.3 Å². The lowest BCUT2D eigenvalue weighted by atomic mass is 10.1. The fraction of sp³-hybridized carbons (Fsp3) is 0.400. The van der Waals surface area contributed by atoms with E-state index >= 15 is 0 Å². The Morgan fingerprint density at radius 1 is 1.33 bits per heavy atom. The molecule has 18 heavy (non-hydrogen) atoms. The van der Waals surface area contributed by atoms with Gasteiger partial charge < -0.3 is 10.6 Å². The highest BCUT2D eigenvalue weighted by Gasteiger charge is 2.23. The SMILES string of the molecule is CN(CC1CC1)c1cc(CN)nc2ccccc12. The van der Waals surface area contributed by atoms with Gasteiger partial charge >= 0.3 is 0 Å². The Kier molecular flexibility index (Phi) is 2.92. The Bertz CT molecular complexity index is 561. The molecular weight excluding hydrogens is 222 g/mol. The van der Waals surface area contributed by atoms with E-state index in [1.165, 1.54) is 23.9 Å². The van der Waals surface area contributed by atoms with E-state index in [0.717, 1.165) is 23.7 Å². The second kappa shape index (κ2) is 4.58. The monoisotopic (exact) mass is 241 g/mol. The number of nitrogens with two attached hydrogens (primary N) is 1. The fourth-order valence-electron chi connectivity index (χ4n) is 2.42. The van der Waals surface area contributed by atoms with Gasteiger partial charge in [-0.1, -0.05) is 18.2 Å². The summed E-state index contributed by atoms with van der Waals surface area (Å²) in [5.41, 5.74) is 9.00. The van der Waals surface area contributed by atoms with Crippen LogP contribution in [-0.2, 0) is 6.54 Å². The van der Waals surface area contributed by atoms with Crippen molar-refractivity contribution in [2.45, 2.75) is 19.4 Å². The van der Waals surface area contributed by atoms with Crippen LogP contribution in [0.1, 0.15) is 18.5 Å². The molecular formula is C15H19N3. The highest BCUT2D eigenvalue weighted by molar-refractivity contribution is 5.91. The van der Waals surface area contributed by atoms with E-state index in [2.05, 4.69) is 41.2 Å². The van der Waals surface area contributed by atoms with Crippen molar-refractivity contribution in [3.05, 3.63) is 36.0 Å². The fourth-order valence-corrected chi connectivity index (χ4v) is 2.42. The van der Waals surface area contributed by atoms with Crippen molar-refractivity contribution in [1.29, 1.82) is 0 Å². The molecule has 0 amide bonds. The second-order valence-corrected chi connectivity index (χ2v) is 5.18. The van der Waals surface area contributed by atoms with Gasteiger partial charge in [0.15, 0.2) is 0 Å². The first-order chi connectivity index (χ1) is 8.78. The zero-order valence-electron chi connectivity index (χ0n) is 10.8. The van der Waals surface area contributed by atoms with Crippen LogP contribution < -0.4 is 10.6 Å². The zero-order chi connectivity index (χ0) is 12.5. The van der Waals surface area contributed by atoms with Crippen molar-refractivity contribution in [3.63, 3.8) is 0 Å². The maximum atomic E-state index is 5.74. The summed E-state index contributed by atoms with van der Waals surface area (Å²) in [5.74, 6) is 0.878. The van der Waals surface area contributed by atoms with Gasteiger partial charge in [-0.2, -0.15) is 0 Å². The minimum absolute atomic E-state index is 0.495. The van der Waals surface area contributed by atoms with Crippen molar-refractivity contribution < 1.29 is 0 Å². The van der Waals surface area contributed by atoms with Gasteiger partial charge in [-0.3, -0.25) is 4.98 Å². The molecule has 1 aromatic carbocycles. The van der Waals surface area contributed by atoms with Crippen molar-refractivity contribution in [1.82, 2.24) is 4.98 Å². The van der Waals surface area contributed by atoms with Crippen molar-refractivity contribution in [3.8, 4) is 0 Å². The number of anilines is 1. The Hall–Kier alpha value is -1.61. The number of hydrogen-bond acceptors (Lipinski definition) is 3. The molecule has 94 valence electrons. The lowest BCUT2D eigenvalue weighted by Gasteiger charge is -2.21. The topological polar surface area (TPSA) is 42.1 Å². The summed E-state index contributed by atoms with van der Waals surface area (Å²) in [4.78, 5) is 6.93. The molecule has 0 unspecified atom stereocenters. The smallest absolute Gasteiger partial charge is 0.0726 e. The Morgan fingerprint density at radius 3 is 2.83 bits per heavy atom. The van der Waals surface area contributed by atoms with Crippen LogP contribution in [0.3, 0.4) is 0 Å². The van der Waals surface area contributed by atoms with E-state index in [-0.39, 0.29) is 0 Å². The number of aromatic nitrogens is 1. The maximum Gasteiger partial charge on any atom is 0.0726 e. The minimum atomic E-state index is 0.495. The van der Waals surface area contributed by atoms with Crippen molar-refractivity contribution in [2.75, 3.05) is 18.5 Å². The van der Waals surface area contributed by atoms with Gasteiger partial charge in [0, 0.05) is 31.2 Å². The molecule has 1 fully saturated rings. The predicted octanol–water partition coefficient (Wildman–Crippen LogP) is 2.54. The molecule has 0 radical (unpaired) electrons. The summed E-state index contributed by atoms with van der Waals surface area (Å²) in [6, 6.07) is 10.4. The van der Waals surface area contributed by atoms with E-state index < -0.39 is 0 Å². The molecule has 1 aliphatic rings. The molecule has 1 heterocycles. The summed E-state index contributed by atoms with van der Waals surface area (Å²) in [7, 11) is 2.17. The number of hydrogen-bond donors (Lipinski definition) is 1. The lowest BCUT2D eigenvalue weighted by molar-refractivity contribution is 0.788. The Morgan fingerprint density at radius 2 is 2.11 bits per heavy atom. The van der Waals surface area contributed by atoms with Gasteiger partial charge in [0.25, 0.3) is 0 Å². The quantitative estimate of drug-likeness (QED) is 0.894. The van der Waals surface area contributed by atoms with Crippen LogP contribution in [0, 0.1) is 5.92 Å². The van der Waals surface area contributed by atoms with E-state index in [1.54, 1.807) is 0 Å². The molecule has 0 bridgehead atoms. The average Bonchev–Trinajstić information content (AvgIpc) is 3.21. The van der Waals surface area contributed by atoms with Gasteiger partial charge in [0.05, 0.1) is 11.2 Å². The average molecular weight is 241 g/mol. The summed E-state index contributed by atoms with van der Waals surface area (Å²) in [5, 5.41) is 1.22. The molecule has 3 nitrogen and oxygen atoms in total. The lowest BCUT2D eigenvalue weighted by Crippen LogP contribution is -2.20. The predicted molar refractivity (Wildman–Crippen MR) is 75.6 cm³/mol. The van der Waals surface area contributed by atoms with Gasteiger partial charge in [0.1, 0.15) is 0 Å². The summed E-state index contributed by atoms with van der Waals surface area (Å²) >= 11 is 0. The second-order valence-electron chi connectivity index (χ2n) is 5.18. The third-order valence-corrected chi connectivity index (χ3v) is 3.60. The van der Waals surface area contributed by atoms with Gasteiger partial charge in [0.2, 0.25) is 0 Å². The molecule has 1 aromatic heterocycles. The van der Waals surface area contributed by atoms with Gasteiger partial charge in [-0.15, -0.1) is 0 Å². The van der Waals surface area contributed by atoms with Crippen LogP contribution >= 0.6 is 0 Å². The molecule has 3 rings (SSSR count). The molecule has 1 aliphatic carbocycles. The molecule has 2 aromatic rings. The van der Waals surface area contributed by atoms with E-state index in [4.69, 9.17) is 5.73 Å². The first-order valence-corrected chi connectivity index (χ1v) is 6.58. The third-order valence-electron chi connectivity index (χ3n) is 3.60. The van der Waals surface area contributed by atoms with E-state index in [1.807, 2.05) is 6.07 Å². The van der Waals surface area contributed by atoms with Crippen LogP contribution in [0.2, 0.25) is 0 Å². The largest absolute Gasteiger partial charge is 0.374 e. The highest BCUT2D eigenvalue weighted by Crippen LogP contribution is 2.33. The van der Waals surface area contributed by atoms with Gasteiger partial charge in [-0.05, 0) is 30.9 Å². The summed E-state index contributed by atoms with van der Waals surface area (Å²) < 4.78 is 0. The van der Waals surface area contributed by atoms with Crippen molar-refractivity contribution >= 4 is 16.6 Å². The normalized spacial score (nSPS) is 15.0. The van der Waals surface area contributed by atoms with Crippen molar-refractivity contribution in [2.24, 2.45) is 11.7 Å². The minimum Gasteiger partial charge on any atom is -0.374 e.